The second-order valence-corrected chi connectivity index (χ2v) is 4.19. The molecule has 1 aromatic rings. The summed E-state index contributed by atoms with van der Waals surface area (Å²) in [5.41, 5.74) is 7.41. The van der Waals surface area contributed by atoms with Gasteiger partial charge in [-0.1, -0.05) is 6.92 Å². The Kier molecular flexibility index (Phi) is 5.65. The van der Waals surface area contributed by atoms with E-state index in [4.69, 9.17) is 10.5 Å². The van der Waals surface area contributed by atoms with E-state index in [0.717, 1.165) is 29.8 Å². The first kappa shape index (κ1) is 14.5. The highest BCUT2D eigenvalue weighted by atomic mass is 16.5. The minimum absolute atomic E-state index is 0.0904. The van der Waals surface area contributed by atoms with Crippen LogP contribution in [0.25, 0.3) is 0 Å². The van der Waals surface area contributed by atoms with Crippen LogP contribution in [0.15, 0.2) is 18.2 Å². The lowest BCUT2D eigenvalue weighted by Gasteiger charge is -2.19. The lowest BCUT2D eigenvalue weighted by Crippen LogP contribution is -2.26. The Morgan fingerprint density at radius 2 is 2.17 bits per heavy atom. The first-order valence-corrected chi connectivity index (χ1v) is 6.27. The van der Waals surface area contributed by atoms with Crippen LogP contribution in [0.4, 0.5) is 5.69 Å². The molecule has 100 valence electrons. The molecule has 1 rings (SSSR count). The molecule has 18 heavy (non-hydrogen) atoms. The van der Waals surface area contributed by atoms with E-state index in [1.165, 1.54) is 0 Å². The Bertz CT molecular complexity index is 405. The van der Waals surface area contributed by atoms with Gasteiger partial charge >= 0.3 is 0 Å². The molecule has 0 unspecified atom stereocenters. The molecule has 0 bridgehead atoms. The molecule has 1 aromatic carbocycles. The van der Waals surface area contributed by atoms with E-state index in [1.807, 2.05) is 18.2 Å². The van der Waals surface area contributed by atoms with Gasteiger partial charge in [0.15, 0.2) is 0 Å². The van der Waals surface area contributed by atoms with Gasteiger partial charge in [-0.05, 0) is 43.1 Å². The summed E-state index contributed by atoms with van der Waals surface area (Å²) in [6, 6.07) is 5.80. The van der Waals surface area contributed by atoms with E-state index in [-0.39, 0.29) is 5.91 Å². The number of anilines is 1. The van der Waals surface area contributed by atoms with Crippen molar-refractivity contribution in [3.8, 4) is 5.75 Å². The molecule has 0 atom stereocenters. The van der Waals surface area contributed by atoms with Gasteiger partial charge in [-0.2, -0.15) is 0 Å². The van der Waals surface area contributed by atoms with Gasteiger partial charge < -0.3 is 15.4 Å². The zero-order valence-corrected chi connectivity index (χ0v) is 11.4. The number of aryl methyl sites for hydroxylation is 1. The second-order valence-electron chi connectivity index (χ2n) is 4.19. The zero-order valence-electron chi connectivity index (χ0n) is 11.4. The molecule has 0 aliphatic carbocycles. The van der Waals surface area contributed by atoms with Crippen molar-refractivity contribution >= 4 is 11.6 Å². The summed E-state index contributed by atoms with van der Waals surface area (Å²) in [6.45, 7) is 2.61. The summed E-state index contributed by atoms with van der Waals surface area (Å²) in [7, 11) is 3.45. The molecular weight excluding hydrogens is 228 g/mol. The Morgan fingerprint density at radius 3 is 2.72 bits per heavy atom. The predicted molar refractivity (Wildman–Crippen MR) is 74.1 cm³/mol. The van der Waals surface area contributed by atoms with Crippen molar-refractivity contribution < 1.29 is 9.53 Å². The van der Waals surface area contributed by atoms with Gasteiger partial charge in [0.05, 0.1) is 7.11 Å². The Balaban J connectivity index is 2.85. The molecule has 0 aromatic heterocycles. The minimum Gasteiger partial charge on any atom is -0.496 e. The number of ether oxygens (including phenoxy) is 1. The highest BCUT2D eigenvalue weighted by Crippen LogP contribution is 2.25. The second kappa shape index (κ2) is 7.01. The number of rotatable bonds is 6. The molecule has 0 aliphatic heterocycles. The molecule has 2 N–H and O–H groups in total. The summed E-state index contributed by atoms with van der Waals surface area (Å²) in [4.78, 5) is 13.6. The fourth-order valence-electron chi connectivity index (χ4n) is 1.81. The average molecular weight is 250 g/mol. The van der Waals surface area contributed by atoms with Gasteiger partial charge in [0.1, 0.15) is 5.75 Å². The van der Waals surface area contributed by atoms with Gasteiger partial charge in [0.25, 0.3) is 0 Å². The highest BCUT2D eigenvalue weighted by molar-refractivity contribution is 5.92. The van der Waals surface area contributed by atoms with Crippen molar-refractivity contribution in [2.45, 2.75) is 26.2 Å². The van der Waals surface area contributed by atoms with Crippen LogP contribution in [-0.2, 0) is 11.2 Å². The van der Waals surface area contributed by atoms with Crippen LogP contribution < -0.4 is 15.4 Å². The van der Waals surface area contributed by atoms with Crippen LogP contribution in [0.1, 0.15) is 25.3 Å². The summed E-state index contributed by atoms with van der Waals surface area (Å²) in [6.07, 6.45) is 2.09. The van der Waals surface area contributed by atoms with E-state index >= 15 is 0 Å². The highest BCUT2D eigenvalue weighted by Gasteiger charge is 2.12. The molecule has 0 saturated heterocycles. The summed E-state index contributed by atoms with van der Waals surface area (Å²) in [5, 5.41) is 0. The van der Waals surface area contributed by atoms with Crippen molar-refractivity contribution in [1.82, 2.24) is 0 Å². The zero-order chi connectivity index (χ0) is 13.5. The SMILES string of the molecule is CCc1cc(N(C)C(=O)CCCN)ccc1OC. The Labute approximate surface area is 109 Å². The number of nitrogens with zero attached hydrogens (tertiary/aromatic N) is 1. The van der Waals surface area contributed by atoms with Crippen LogP contribution in [0, 0.1) is 0 Å². The van der Waals surface area contributed by atoms with Crippen LogP contribution in [0.2, 0.25) is 0 Å². The van der Waals surface area contributed by atoms with Crippen LogP contribution in [-0.4, -0.2) is 26.6 Å². The number of hydrogen-bond acceptors (Lipinski definition) is 3. The summed E-state index contributed by atoms with van der Waals surface area (Å²) < 4.78 is 5.28. The van der Waals surface area contributed by atoms with Gasteiger partial charge in [0, 0.05) is 19.2 Å². The lowest BCUT2D eigenvalue weighted by molar-refractivity contribution is -0.118. The van der Waals surface area contributed by atoms with Crippen LogP contribution in [0.3, 0.4) is 0 Å². The van der Waals surface area contributed by atoms with Crippen LogP contribution in [0.5, 0.6) is 5.75 Å². The quantitative estimate of drug-likeness (QED) is 0.839. The van der Waals surface area contributed by atoms with Crippen LogP contribution >= 0.6 is 0 Å². The van der Waals surface area contributed by atoms with E-state index in [9.17, 15) is 4.79 Å². The van der Waals surface area contributed by atoms with E-state index in [0.29, 0.717) is 13.0 Å². The fourth-order valence-corrected chi connectivity index (χ4v) is 1.81. The molecule has 4 nitrogen and oxygen atoms in total. The smallest absolute Gasteiger partial charge is 0.226 e. The first-order valence-electron chi connectivity index (χ1n) is 6.27. The molecule has 0 heterocycles. The number of amides is 1. The maximum Gasteiger partial charge on any atom is 0.226 e. The average Bonchev–Trinajstić information content (AvgIpc) is 2.42. The largest absolute Gasteiger partial charge is 0.496 e. The Morgan fingerprint density at radius 1 is 1.44 bits per heavy atom. The van der Waals surface area contributed by atoms with Crippen molar-refractivity contribution in [3.05, 3.63) is 23.8 Å². The normalized spacial score (nSPS) is 10.2. The van der Waals surface area contributed by atoms with Gasteiger partial charge in [-0.15, -0.1) is 0 Å². The number of nitrogens with two attached hydrogens (primary N) is 1. The van der Waals surface area contributed by atoms with Gasteiger partial charge in [-0.25, -0.2) is 0 Å². The van der Waals surface area contributed by atoms with Crippen molar-refractivity contribution in [1.29, 1.82) is 0 Å². The van der Waals surface area contributed by atoms with Crippen molar-refractivity contribution in [3.63, 3.8) is 0 Å². The monoisotopic (exact) mass is 250 g/mol. The molecule has 4 heteroatoms. The van der Waals surface area contributed by atoms with Crippen molar-refractivity contribution in [2.24, 2.45) is 5.73 Å². The molecular formula is C14H22N2O2. The molecule has 1 amide bonds. The first-order chi connectivity index (χ1) is 8.63. The molecule has 0 radical (unpaired) electrons. The molecule has 0 saturated carbocycles. The maximum absolute atomic E-state index is 11.9. The predicted octanol–water partition coefficient (Wildman–Crippen LogP) is 1.96. The maximum atomic E-state index is 11.9. The standard InChI is InChI=1S/C14H22N2O2/c1-4-11-10-12(7-8-13(11)18-3)16(2)14(17)6-5-9-15/h7-8,10H,4-6,9,15H2,1-3H3. The Hall–Kier alpha value is -1.55. The summed E-state index contributed by atoms with van der Waals surface area (Å²) in [5.74, 6) is 0.955. The van der Waals surface area contributed by atoms with E-state index < -0.39 is 0 Å². The number of benzene rings is 1. The van der Waals surface area contributed by atoms with E-state index in [1.54, 1.807) is 19.1 Å². The number of carbonyl (C=O) groups is 1. The van der Waals surface area contributed by atoms with Crippen molar-refractivity contribution in [2.75, 3.05) is 25.6 Å². The lowest BCUT2D eigenvalue weighted by atomic mass is 10.1. The topological polar surface area (TPSA) is 55.6 Å². The molecule has 0 aliphatic rings. The molecule has 0 fully saturated rings. The fraction of sp³-hybridized carbons (Fsp3) is 0.500. The molecule has 0 spiro atoms. The van der Waals surface area contributed by atoms with Gasteiger partial charge in [-0.3, -0.25) is 4.79 Å². The number of hydrogen-bond donors (Lipinski definition) is 1. The third kappa shape index (κ3) is 3.47. The van der Waals surface area contributed by atoms with Gasteiger partial charge in [0.2, 0.25) is 5.91 Å². The van der Waals surface area contributed by atoms with E-state index in [2.05, 4.69) is 6.92 Å². The third-order valence-electron chi connectivity index (χ3n) is 3.00. The number of carbonyl (C=O) groups excluding carboxylic acids is 1. The number of methoxy groups -OCH3 is 1. The summed E-state index contributed by atoms with van der Waals surface area (Å²) >= 11 is 0. The minimum atomic E-state index is 0.0904. The third-order valence-corrected chi connectivity index (χ3v) is 3.00.